The van der Waals surface area contributed by atoms with E-state index in [1.54, 1.807) is 13.2 Å². The van der Waals surface area contributed by atoms with E-state index >= 15 is 0 Å². The molecule has 0 aromatic heterocycles. The summed E-state index contributed by atoms with van der Waals surface area (Å²) in [6.45, 7) is 1.55. The number of ether oxygens (including phenoxy) is 1. The van der Waals surface area contributed by atoms with Gasteiger partial charge in [-0.3, -0.25) is 0 Å². The van der Waals surface area contributed by atoms with Crippen molar-refractivity contribution in [1.29, 1.82) is 0 Å². The summed E-state index contributed by atoms with van der Waals surface area (Å²) in [6, 6.07) is 13.2. The normalized spacial score (nSPS) is 10.2. The molecule has 0 aliphatic carbocycles. The van der Waals surface area contributed by atoms with Gasteiger partial charge in [-0.15, -0.1) is 0 Å². The fourth-order valence-corrected chi connectivity index (χ4v) is 2.30. The van der Waals surface area contributed by atoms with E-state index < -0.39 is 0 Å². The Morgan fingerprint density at radius 3 is 1.95 bits per heavy atom. The molecule has 3 nitrogen and oxygen atoms in total. The molecular formula is C15H16Cl2N2O. The number of benzene rings is 2. The summed E-state index contributed by atoms with van der Waals surface area (Å²) in [6.07, 6.45) is 0. The first-order valence-electron chi connectivity index (χ1n) is 6.25. The van der Waals surface area contributed by atoms with Gasteiger partial charge in [0.15, 0.2) is 0 Å². The maximum atomic E-state index is 5.94. The Hall–Kier alpha value is -1.58. The predicted octanol–water partition coefficient (Wildman–Crippen LogP) is 4.53. The lowest BCUT2D eigenvalue weighted by Gasteiger charge is -2.10. The van der Waals surface area contributed by atoms with Crippen molar-refractivity contribution >= 4 is 34.6 Å². The second-order valence-electron chi connectivity index (χ2n) is 4.24. The van der Waals surface area contributed by atoms with Gasteiger partial charge in [0, 0.05) is 34.5 Å². The van der Waals surface area contributed by atoms with Gasteiger partial charge < -0.3 is 15.4 Å². The summed E-state index contributed by atoms with van der Waals surface area (Å²) in [4.78, 5) is 0. The summed E-state index contributed by atoms with van der Waals surface area (Å²) in [7, 11) is 1.66. The van der Waals surface area contributed by atoms with Crippen LogP contribution in [0.5, 0.6) is 5.75 Å². The molecule has 20 heavy (non-hydrogen) atoms. The van der Waals surface area contributed by atoms with E-state index in [-0.39, 0.29) is 0 Å². The molecule has 2 aromatic carbocycles. The number of methoxy groups -OCH3 is 1. The number of anilines is 2. The maximum Gasteiger partial charge on any atom is 0.119 e. The van der Waals surface area contributed by atoms with Crippen LogP contribution in [0, 0.1) is 0 Å². The maximum absolute atomic E-state index is 5.94. The third-order valence-corrected chi connectivity index (χ3v) is 3.17. The van der Waals surface area contributed by atoms with Crippen LogP contribution in [0.1, 0.15) is 0 Å². The van der Waals surface area contributed by atoms with E-state index in [1.807, 2.05) is 36.4 Å². The topological polar surface area (TPSA) is 33.3 Å². The molecule has 0 unspecified atom stereocenters. The SMILES string of the molecule is COc1ccc(NCCNc2cc(Cl)cc(Cl)c2)cc1. The molecule has 2 N–H and O–H groups in total. The molecule has 0 saturated heterocycles. The van der Waals surface area contributed by atoms with Crippen molar-refractivity contribution in [3.8, 4) is 5.75 Å². The first-order chi connectivity index (χ1) is 9.67. The zero-order valence-corrected chi connectivity index (χ0v) is 12.6. The zero-order chi connectivity index (χ0) is 14.4. The van der Waals surface area contributed by atoms with Gasteiger partial charge >= 0.3 is 0 Å². The number of halogens is 2. The van der Waals surface area contributed by atoms with Gasteiger partial charge in [-0.1, -0.05) is 23.2 Å². The van der Waals surface area contributed by atoms with Crippen molar-refractivity contribution < 1.29 is 4.74 Å². The number of hydrogen-bond donors (Lipinski definition) is 2. The van der Waals surface area contributed by atoms with Crippen molar-refractivity contribution in [2.24, 2.45) is 0 Å². The van der Waals surface area contributed by atoms with Gasteiger partial charge in [0.05, 0.1) is 7.11 Å². The first-order valence-corrected chi connectivity index (χ1v) is 7.01. The van der Waals surface area contributed by atoms with Crippen molar-refractivity contribution in [2.75, 3.05) is 30.8 Å². The molecular weight excluding hydrogens is 295 g/mol. The fraction of sp³-hybridized carbons (Fsp3) is 0.200. The molecule has 0 bridgehead atoms. The Bertz CT molecular complexity index is 538. The summed E-state index contributed by atoms with van der Waals surface area (Å²) < 4.78 is 5.11. The first kappa shape index (κ1) is 14.8. The van der Waals surface area contributed by atoms with Crippen molar-refractivity contribution in [1.82, 2.24) is 0 Å². The highest BCUT2D eigenvalue weighted by Crippen LogP contribution is 2.22. The average molecular weight is 311 g/mol. The molecule has 0 spiro atoms. The minimum Gasteiger partial charge on any atom is -0.497 e. The van der Waals surface area contributed by atoms with Crippen molar-refractivity contribution in [3.05, 3.63) is 52.5 Å². The molecule has 2 aromatic rings. The predicted molar refractivity (Wildman–Crippen MR) is 86.4 cm³/mol. The van der Waals surface area contributed by atoms with E-state index in [9.17, 15) is 0 Å². The zero-order valence-electron chi connectivity index (χ0n) is 11.1. The summed E-state index contributed by atoms with van der Waals surface area (Å²) >= 11 is 11.9. The fourth-order valence-electron chi connectivity index (χ4n) is 1.78. The van der Waals surface area contributed by atoms with E-state index in [0.717, 1.165) is 30.2 Å². The van der Waals surface area contributed by atoms with Gasteiger partial charge in [-0.2, -0.15) is 0 Å². The highest BCUT2D eigenvalue weighted by molar-refractivity contribution is 6.35. The van der Waals surface area contributed by atoms with Gasteiger partial charge in [0.1, 0.15) is 5.75 Å². The molecule has 0 aliphatic rings. The molecule has 106 valence electrons. The van der Waals surface area contributed by atoms with Crippen LogP contribution in [-0.2, 0) is 0 Å². The van der Waals surface area contributed by atoms with Gasteiger partial charge in [-0.25, -0.2) is 0 Å². The third kappa shape index (κ3) is 4.51. The molecule has 0 fully saturated rings. The minimum absolute atomic E-state index is 0.628. The molecule has 0 amide bonds. The van der Waals surface area contributed by atoms with Crippen LogP contribution in [0.3, 0.4) is 0 Å². The number of rotatable bonds is 6. The van der Waals surface area contributed by atoms with Crippen LogP contribution in [0.4, 0.5) is 11.4 Å². The largest absolute Gasteiger partial charge is 0.497 e. The smallest absolute Gasteiger partial charge is 0.119 e. The van der Waals surface area contributed by atoms with E-state index in [4.69, 9.17) is 27.9 Å². The molecule has 0 radical (unpaired) electrons. The molecule has 2 rings (SSSR count). The molecule has 5 heteroatoms. The van der Waals surface area contributed by atoms with Crippen molar-refractivity contribution in [3.63, 3.8) is 0 Å². The standard InChI is InChI=1S/C15H16Cl2N2O/c1-20-15-4-2-13(3-5-15)18-6-7-19-14-9-11(16)8-12(17)10-14/h2-5,8-10,18-19H,6-7H2,1H3. The number of nitrogens with one attached hydrogen (secondary N) is 2. The van der Waals surface area contributed by atoms with E-state index in [2.05, 4.69) is 10.6 Å². The summed E-state index contributed by atoms with van der Waals surface area (Å²) in [5, 5.41) is 7.83. The summed E-state index contributed by atoms with van der Waals surface area (Å²) in [5.41, 5.74) is 1.97. The quantitative estimate of drug-likeness (QED) is 0.769. The van der Waals surface area contributed by atoms with Crippen molar-refractivity contribution in [2.45, 2.75) is 0 Å². The minimum atomic E-state index is 0.628. The van der Waals surface area contributed by atoms with Crippen LogP contribution >= 0.6 is 23.2 Å². The van der Waals surface area contributed by atoms with Crippen LogP contribution < -0.4 is 15.4 Å². The van der Waals surface area contributed by atoms with Gasteiger partial charge in [-0.05, 0) is 42.5 Å². The van der Waals surface area contributed by atoms with Crippen LogP contribution in [0.25, 0.3) is 0 Å². The Kier molecular flexibility index (Phi) is 5.39. The Morgan fingerprint density at radius 1 is 0.850 bits per heavy atom. The molecule has 0 aliphatic heterocycles. The number of hydrogen-bond acceptors (Lipinski definition) is 3. The molecule has 0 saturated carbocycles. The van der Waals surface area contributed by atoms with Crippen LogP contribution in [0.15, 0.2) is 42.5 Å². The lowest BCUT2D eigenvalue weighted by Crippen LogP contribution is -2.13. The Labute approximate surface area is 128 Å². The highest BCUT2D eigenvalue weighted by Gasteiger charge is 1.98. The van der Waals surface area contributed by atoms with Crippen LogP contribution in [-0.4, -0.2) is 20.2 Å². The lowest BCUT2D eigenvalue weighted by molar-refractivity contribution is 0.415. The van der Waals surface area contributed by atoms with E-state index in [1.165, 1.54) is 0 Å². The average Bonchev–Trinajstić information content (AvgIpc) is 2.43. The summed E-state index contributed by atoms with van der Waals surface area (Å²) in [5.74, 6) is 0.849. The monoisotopic (exact) mass is 310 g/mol. The Morgan fingerprint density at radius 2 is 1.40 bits per heavy atom. The third-order valence-electron chi connectivity index (χ3n) is 2.74. The highest BCUT2D eigenvalue weighted by atomic mass is 35.5. The van der Waals surface area contributed by atoms with Gasteiger partial charge in [0.25, 0.3) is 0 Å². The second-order valence-corrected chi connectivity index (χ2v) is 5.11. The molecule has 0 atom stereocenters. The van der Waals surface area contributed by atoms with Gasteiger partial charge in [0.2, 0.25) is 0 Å². The second kappa shape index (κ2) is 7.27. The lowest BCUT2D eigenvalue weighted by atomic mass is 10.3. The Balaban J connectivity index is 1.78. The van der Waals surface area contributed by atoms with Crippen LogP contribution in [0.2, 0.25) is 10.0 Å². The molecule has 0 heterocycles. The van der Waals surface area contributed by atoms with E-state index in [0.29, 0.717) is 10.0 Å².